The van der Waals surface area contributed by atoms with Gasteiger partial charge in [0.1, 0.15) is 5.56 Å². The van der Waals surface area contributed by atoms with Crippen LogP contribution in [-0.4, -0.2) is 63.3 Å². The van der Waals surface area contributed by atoms with Crippen LogP contribution in [0.3, 0.4) is 0 Å². The molecule has 0 spiro atoms. The molecule has 4 heterocycles. The molecule has 7 nitrogen and oxygen atoms in total. The number of nitrogens with zero attached hydrogens (tertiary/aromatic N) is 5. The third-order valence-corrected chi connectivity index (χ3v) is 5.38. The summed E-state index contributed by atoms with van der Waals surface area (Å²) < 4.78 is 7.34. The molecule has 7 heteroatoms. The van der Waals surface area contributed by atoms with E-state index < -0.39 is 0 Å². The summed E-state index contributed by atoms with van der Waals surface area (Å²) in [5.41, 5.74) is 1.60. The van der Waals surface area contributed by atoms with E-state index in [4.69, 9.17) is 4.74 Å². The number of amides is 1. The van der Waals surface area contributed by atoms with Crippen molar-refractivity contribution in [3.8, 4) is 5.88 Å². The Labute approximate surface area is 153 Å². The number of rotatable bonds is 4. The van der Waals surface area contributed by atoms with E-state index in [1.54, 1.807) is 25.4 Å². The molecule has 138 valence electrons. The van der Waals surface area contributed by atoms with Gasteiger partial charge in [-0.3, -0.25) is 9.48 Å². The number of carbonyl (C=O) groups is 1. The van der Waals surface area contributed by atoms with Crippen molar-refractivity contribution < 1.29 is 9.53 Å². The first-order valence-electron chi connectivity index (χ1n) is 9.29. The maximum atomic E-state index is 13.4. The number of ether oxygens (including phenoxy) is 1. The van der Waals surface area contributed by atoms with Gasteiger partial charge < -0.3 is 14.5 Å². The standard InChI is InChI=1S/C19H25N5O2/c1-26-18-17(5-4-8-20-18)19(25)23-14-16-6-9-21-24(16)12-7-15(23)13-22-10-2-3-11-22/h4-6,8-9,15H,2-3,7,10-14H2,1H3/t15-/m0/s1. The number of hydrogen-bond donors (Lipinski definition) is 0. The molecule has 0 N–H and O–H groups in total. The van der Waals surface area contributed by atoms with Crippen molar-refractivity contribution in [2.75, 3.05) is 26.7 Å². The van der Waals surface area contributed by atoms with Crippen LogP contribution in [0.15, 0.2) is 30.6 Å². The first-order valence-corrected chi connectivity index (χ1v) is 9.29. The summed E-state index contributed by atoms with van der Waals surface area (Å²) in [4.78, 5) is 22.1. The second-order valence-corrected chi connectivity index (χ2v) is 6.99. The highest BCUT2D eigenvalue weighted by Crippen LogP contribution is 2.24. The minimum absolute atomic E-state index is 0.0196. The summed E-state index contributed by atoms with van der Waals surface area (Å²) in [5, 5.41) is 4.41. The van der Waals surface area contributed by atoms with Gasteiger partial charge in [-0.05, 0) is 50.6 Å². The van der Waals surface area contributed by atoms with Crippen LogP contribution in [0, 0.1) is 0 Å². The molecule has 0 radical (unpaired) electrons. The SMILES string of the molecule is COc1ncccc1C(=O)N1Cc2ccnn2CC[C@H]1CN1CCCC1. The van der Waals surface area contributed by atoms with Crippen LogP contribution in [0.1, 0.15) is 35.3 Å². The molecule has 1 amide bonds. The van der Waals surface area contributed by atoms with Crippen molar-refractivity contribution in [1.82, 2.24) is 24.6 Å². The van der Waals surface area contributed by atoms with Gasteiger partial charge in [0.15, 0.2) is 0 Å². The molecule has 2 aliphatic heterocycles. The number of aromatic nitrogens is 3. The van der Waals surface area contributed by atoms with Gasteiger partial charge in [0.05, 0.1) is 19.3 Å². The van der Waals surface area contributed by atoms with Crippen LogP contribution in [0.2, 0.25) is 0 Å². The lowest BCUT2D eigenvalue weighted by Crippen LogP contribution is -2.45. The average molecular weight is 355 g/mol. The topological polar surface area (TPSA) is 63.5 Å². The molecule has 0 bridgehead atoms. The van der Waals surface area contributed by atoms with Crippen molar-refractivity contribution in [3.05, 3.63) is 41.9 Å². The maximum absolute atomic E-state index is 13.4. The Balaban J connectivity index is 1.64. The summed E-state index contributed by atoms with van der Waals surface area (Å²) in [6, 6.07) is 5.74. The van der Waals surface area contributed by atoms with E-state index in [0.717, 1.165) is 38.3 Å². The highest BCUT2D eigenvalue weighted by molar-refractivity contribution is 5.96. The third-order valence-electron chi connectivity index (χ3n) is 5.38. The van der Waals surface area contributed by atoms with Crippen molar-refractivity contribution >= 4 is 5.91 Å². The Kier molecular flexibility index (Phi) is 4.88. The van der Waals surface area contributed by atoms with Gasteiger partial charge in [-0.15, -0.1) is 0 Å². The predicted octanol–water partition coefficient (Wildman–Crippen LogP) is 1.80. The minimum Gasteiger partial charge on any atom is -0.480 e. The highest BCUT2D eigenvalue weighted by Gasteiger charge is 2.32. The number of hydrogen-bond acceptors (Lipinski definition) is 5. The number of carbonyl (C=O) groups excluding carboxylic acids is 1. The van der Waals surface area contributed by atoms with E-state index in [1.807, 2.05) is 21.8 Å². The Morgan fingerprint density at radius 1 is 1.23 bits per heavy atom. The molecule has 2 aliphatic rings. The molecule has 0 unspecified atom stereocenters. The molecule has 26 heavy (non-hydrogen) atoms. The Morgan fingerprint density at radius 3 is 2.88 bits per heavy atom. The zero-order valence-corrected chi connectivity index (χ0v) is 15.2. The lowest BCUT2D eigenvalue weighted by molar-refractivity contribution is 0.0611. The predicted molar refractivity (Wildman–Crippen MR) is 97.0 cm³/mol. The van der Waals surface area contributed by atoms with Crippen molar-refractivity contribution in [2.24, 2.45) is 0 Å². The van der Waals surface area contributed by atoms with Gasteiger partial charge in [-0.25, -0.2) is 4.98 Å². The minimum atomic E-state index is -0.0196. The fourth-order valence-electron chi connectivity index (χ4n) is 3.99. The molecule has 0 aliphatic carbocycles. The summed E-state index contributed by atoms with van der Waals surface area (Å²) in [6.45, 7) is 4.57. The Bertz CT molecular complexity index is 769. The molecular formula is C19H25N5O2. The zero-order valence-electron chi connectivity index (χ0n) is 15.2. The van der Waals surface area contributed by atoms with Crippen molar-refractivity contribution in [3.63, 3.8) is 0 Å². The van der Waals surface area contributed by atoms with Gasteiger partial charge in [0, 0.05) is 31.5 Å². The monoisotopic (exact) mass is 355 g/mol. The Morgan fingerprint density at radius 2 is 2.08 bits per heavy atom. The zero-order chi connectivity index (χ0) is 17.9. The first-order chi connectivity index (χ1) is 12.8. The summed E-state index contributed by atoms with van der Waals surface area (Å²) in [6.07, 6.45) is 6.86. The van der Waals surface area contributed by atoms with Crippen molar-refractivity contribution in [2.45, 2.75) is 38.4 Å². The number of methoxy groups -OCH3 is 1. The second kappa shape index (κ2) is 7.45. The maximum Gasteiger partial charge on any atom is 0.259 e. The quantitative estimate of drug-likeness (QED) is 0.837. The van der Waals surface area contributed by atoms with Crippen LogP contribution in [0.4, 0.5) is 0 Å². The third kappa shape index (κ3) is 3.31. The molecule has 1 atom stereocenters. The number of aryl methyl sites for hydroxylation is 1. The Hall–Kier alpha value is -2.41. The van der Waals surface area contributed by atoms with E-state index in [1.165, 1.54) is 12.8 Å². The lowest BCUT2D eigenvalue weighted by atomic mass is 10.1. The van der Waals surface area contributed by atoms with Crippen LogP contribution in [0.25, 0.3) is 0 Å². The van der Waals surface area contributed by atoms with Gasteiger partial charge in [0.2, 0.25) is 5.88 Å². The van der Waals surface area contributed by atoms with E-state index in [2.05, 4.69) is 15.0 Å². The molecule has 2 aromatic rings. The molecule has 0 saturated carbocycles. The van der Waals surface area contributed by atoms with E-state index >= 15 is 0 Å². The lowest BCUT2D eigenvalue weighted by Gasteiger charge is -2.33. The van der Waals surface area contributed by atoms with E-state index in [0.29, 0.717) is 18.0 Å². The van der Waals surface area contributed by atoms with Crippen LogP contribution >= 0.6 is 0 Å². The van der Waals surface area contributed by atoms with Crippen LogP contribution in [0.5, 0.6) is 5.88 Å². The van der Waals surface area contributed by atoms with E-state index in [9.17, 15) is 4.79 Å². The number of likely N-dealkylation sites (tertiary alicyclic amines) is 1. The van der Waals surface area contributed by atoms with E-state index in [-0.39, 0.29) is 11.9 Å². The van der Waals surface area contributed by atoms with Crippen molar-refractivity contribution in [1.29, 1.82) is 0 Å². The first kappa shape index (κ1) is 17.0. The largest absolute Gasteiger partial charge is 0.480 e. The van der Waals surface area contributed by atoms with Gasteiger partial charge in [-0.1, -0.05) is 0 Å². The smallest absolute Gasteiger partial charge is 0.259 e. The molecule has 1 saturated heterocycles. The summed E-state index contributed by atoms with van der Waals surface area (Å²) >= 11 is 0. The fourth-order valence-corrected chi connectivity index (χ4v) is 3.99. The molecule has 0 aromatic carbocycles. The second-order valence-electron chi connectivity index (χ2n) is 6.99. The number of fused-ring (bicyclic) bond motifs is 1. The van der Waals surface area contributed by atoms with Crippen LogP contribution in [-0.2, 0) is 13.1 Å². The fraction of sp³-hybridized carbons (Fsp3) is 0.526. The molecule has 1 fully saturated rings. The van der Waals surface area contributed by atoms with Gasteiger partial charge in [0.25, 0.3) is 5.91 Å². The average Bonchev–Trinajstić information content (AvgIpc) is 3.31. The summed E-state index contributed by atoms with van der Waals surface area (Å²) in [5.74, 6) is 0.365. The highest BCUT2D eigenvalue weighted by atomic mass is 16.5. The number of pyridine rings is 1. The summed E-state index contributed by atoms with van der Waals surface area (Å²) in [7, 11) is 1.55. The van der Waals surface area contributed by atoms with Gasteiger partial charge in [-0.2, -0.15) is 5.10 Å². The molecular weight excluding hydrogens is 330 g/mol. The van der Waals surface area contributed by atoms with Gasteiger partial charge >= 0.3 is 0 Å². The normalized spacial score (nSPS) is 20.7. The molecule has 2 aromatic heterocycles. The molecule has 4 rings (SSSR count). The van der Waals surface area contributed by atoms with Crippen LogP contribution < -0.4 is 4.74 Å².